The molecule has 0 atom stereocenters. The number of aromatic nitrogens is 1. The van der Waals surface area contributed by atoms with Gasteiger partial charge < -0.3 is 10.6 Å². The van der Waals surface area contributed by atoms with Gasteiger partial charge in [0.15, 0.2) is 0 Å². The summed E-state index contributed by atoms with van der Waals surface area (Å²) >= 11 is 5.91. The molecular formula is C18H20ClN3O2. The average Bonchev–Trinajstić information content (AvgIpc) is 2.57. The lowest BCUT2D eigenvalue weighted by Crippen LogP contribution is -2.25. The Hall–Kier alpha value is -2.40. The van der Waals surface area contributed by atoms with Crippen LogP contribution in [0.1, 0.15) is 46.0 Å². The van der Waals surface area contributed by atoms with Gasteiger partial charge >= 0.3 is 0 Å². The number of aryl methyl sites for hydroxylation is 1. The minimum absolute atomic E-state index is 0.228. The van der Waals surface area contributed by atoms with Crippen molar-refractivity contribution in [2.24, 2.45) is 0 Å². The Morgan fingerprint density at radius 2 is 1.83 bits per heavy atom. The van der Waals surface area contributed by atoms with Crippen LogP contribution < -0.4 is 10.6 Å². The first-order chi connectivity index (χ1) is 11.5. The minimum Gasteiger partial charge on any atom is -0.352 e. The summed E-state index contributed by atoms with van der Waals surface area (Å²) in [7, 11) is 0. The summed E-state index contributed by atoms with van der Waals surface area (Å²) in [5.74, 6) is -0.551. The second-order valence-electron chi connectivity index (χ2n) is 5.49. The molecule has 126 valence electrons. The fourth-order valence-corrected chi connectivity index (χ4v) is 2.36. The molecule has 1 heterocycles. The molecule has 1 aromatic heterocycles. The van der Waals surface area contributed by atoms with Crippen LogP contribution in [0.15, 0.2) is 36.7 Å². The van der Waals surface area contributed by atoms with Gasteiger partial charge in [-0.2, -0.15) is 0 Å². The SMILES string of the molecule is CCCCNC(=O)c1cncc(C(=O)Nc2ccc(Cl)cc2C)c1. The Bertz CT molecular complexity index is 747. The quantitative estimate of drug-likeness (QED) is 0.782. The third kappa shape index (κ3) is 4.80. The first-order valence-electron chi connectivity index (χ1n) is 7.82. The number of carbonyl (C=O) groups excluding carboxylic acids is 2. The summed E-state index contributed by atoms with van der Waals surface area (Å²) in [5.41, 5.74) is 2.22. The van der Waals surface area contributed by atoms with Crippen molar-refractivity contribution in [3.05, 3.63) is 58.4 Å². The number of nitrogens with one attached hydrogen (secondary N) is 2. The molecule has 6 heteroatoms. The fraction of sp³-hybridized carbons (Fsp3) is 0.278. The molecule has 2 rings (SSSR count). The summed E-state index contributed by atoms with van der Waals surface area (Å²) in [6.45, 7) is 4.52. The minimum atomic E-state index is -0.323. The number of halogens is 1. The molecule has 24 heavy (non-hydrogen) atoms. The van der Waals surface area contributed by atoms with Crippen LogP contribution in [-0.4, -0.2) is 23.3 Å². The van der Waals surface area contributed by atoms with E-state index in [4.69, 9.17) is 11.6 Å². The van der Waals surface area contributed by atoms with Gasteiger partial charge in [0.25, 0.3) is 11.8 Å². The molecule has 0 aliphatic heterocycles. The Morgan fingerprint density at radius 3 is 2.50 bits per heavy atom. The summed E-state index contributed by atoms with van der Waals surface area (Å²) in [5, 5.41) is 6.22. The molecule has 0 spiro atoms. The van der Waals surface area contributed by atoms with Crippen LogP contribution in [0.3, 0.4) is 0 Å². The normalized spacial score (nSPS) is 10.3. The van der Waals surface area contributed by atoms with Crippen molar-refractivity contribution in [3.63, 3.8) is 0 Å². The van der Waals surface area contributed by atoms with Gasteiger partial charge in [-0.25, -0.2) is 0 Å². The van der Waals surface area contributed by atoms with Gasteiger partial charge in [0.1, 0.15) is 0 Å². The molecule has 1 aromatic carbocycles. The van der Waals surface area contributed by atoms with Gasteiger partial charge in [-0.3, -0.25) is 14.6 Å². The maximum Gasteiger partial charge on any atom is 0.257 e. The van der Waals surface area contributed by atoms with Crippen LogP contribution in [0.5, 0.6) is 0 Å². The van der Waals surface area contributed by atoms with Gasteiger partial charge in [-0.1, -0.05) is 24.9 Å². The van der Waals surface area contributed by atoms with Crippen LogP contribution in [0, 0.1) is 6.92 Å². The van der Waals surface area contributed by atoms with Crippen molar-refractivity contribution in [1.82, 2.24) is 10.3 Å². The highest BCUT2D eigenvalue weighted by atomic mass is 35.5. The van der Waals surface area contributed by atoms with E-state index in [0.29, 0.717) is 28.4 Å². The number of nitrogens with zero attached hydrogens (tertiary/aromatic N) is 1. The van der Waals surface area contributed by atoms with E-state index in [1.54, 1.807) is 18.2 Å². The molecule has 0 saturated carbocycles. The number of pyridine rings is 1. The number of hydrogen-bond acceptors (Lipinski definition) is 3. The van der Waals surface area contributed by atoms with Crippen LogP contribution in [0.2, 0.25) is 5.02 Å². The Morgan fingerprint density at radius 1 is 1.12 bits per heavy atom. The molecule has 5 nitrogen and oxygen atoms in total. The maximum absolute atomic E-state index is 12.4. The molecule has 0 fully saturated rings. The van der Waals surface area contributed by atoms with E-state index in [9.17, 15) is 9.59 Å². The third-order valence-corrected chi connectivity index (χ3v) is 3.75. The van der Waals surface area contributed by atoms with Crippen molar-refractivity contribution in [1.29, 1.82) is 0 Å². The van der Waals surface area contributed by atoms with E-state index in [2.05, 4.69) is 22.5 Å². The van der Waals surface area contributed by atoms with Gasteiger partial charge in [0, 0.05) is 29.6 Å². The molecular weight excluding hydrogens is 326 g/mol. The third-order valence-electron chi connectivity index (χ3n) is 3.52. The zero-order valence-electron chi connectivity index (χ0n) is 13.7. The topological polar surface area (TPSA) is 71.1 Å². The molecule has 0 radical (unpaired) electrons. The van der Waals surface area contributed by atoms with Crippen LogP contribution in [0.4, 0.5) is 5.69 Å². The Kier molecular flexibility index (Phi) is 6.32. The highest BCUT2D eigenvalue weighted by molar-refractivity contribution is 6.30. The number of hydrogen-bond donors (Lipinski definition) is 2. The lowest BCUT2D eigenvalue weighted by molar-refractivity contribution is 0.0953. The van der Waals surface area contributed by atoms with E-state index >= 15 is 0 Å². The number of carbonyl (C=O) groups is 2. The van der Waals surface area contributed by atoms with E-state index in [1.165, 1.54) is 18.5 Å². The van der Waals surface area contributed by atoms with Gasteiger partial charge in [-0.15, -0.1) is 0 Å². The molecule has 0 unspecified atom stereocenters. The largest absolute Gasteiger partial charge is 0.352 e. The smallest absolute Gasteiger partial charge is 0.257 e. The first-order valence-corrected chi connectivity index (χ1v) is 8.19. The van der Waals surface area contributed by atoms with Crippen molar-refractivity contribution in [3.8, 4) is 0 Å². The van der Waals surface area contributed by atoms with Gasteiger partial charge in [0.2, 0.25) is 0 Å². The van der Waals surface area contributed by atoms with Crippen molar-refractivity contribution in [2.45, 2.75) is 26.7 Å². The number of amides is 2. The molecule has 2 N–H and O–H groups in total. The number of unbranched alkanes of at least 4 members (excludes halogenated alkanes) is 1. The highest BCUT2D eigenvalue weighted by Gasteiger charge is 2.12. The van der Waals surface area contributed by atoms with Crippen molar-refractivity contribution in [2.75, 3.05) is 11.9 Å². The Balaban J connectivity index is 2.09. The average molecular weight is 346 g/mol. The molecule has 0 aliphatic rings. The van der Waals surface area contributed by atoms with Crippen molar-refractivity contribution >= 4 is 29.1 Å². The molecule has 0 bridgehead atoms. The van der Waals surface area contributed by atoms with Crippen LogP contribution in [-0.2, 0) is 0 Å². The van der Waals surface area contributed by atoms with Gasteiger partial charge in [-0.05, 0) is 43.2 Å². The number of anilines is 1. The predicted molar refractivity (Wildman–Crippen MR) is 95.6 cm³/mol. The zero-order chi connectivity index (χ0) is 17.5. The summed E-state index contributed by atoms with van der Waals surface area (Å²) in [4.78, 5) is 28.4. The second kappa shape index (κ2) is 8.45. The van der Waals surface area contributed by atoms with Crippen LogP contribution in [0.25, 0.3) is 0 Å². The first kappa shape index (κ1) is 17.9. The Labute approximate surface area is 146 Å². The maximum atomic E-state index is 12.4. The fourth-order valence-electron chi connectivity index (χ4n) is 2.13. The molecule has 2 aromatic rings. The second-order valence-corrected chi connectivity index (χ2v) is 5.92. The summed E-state index contributed by atoms with van der Waals surface area (Å²) in [6.07, 6.45) is 4.80. The lowest BCUT2D eigenvalue weighted by Gasteiger charge is -2.09. The molecule has 0 saturated heterocycles. The van der Waals surface area contributed by atoms with Gasteiger partial charge in [0.05, 0.1) is 11.1 Å². The van der Waals surface area contributed by atoms with Crippen molar-refractivity contribution < 1.29 is 9.59 Å². The standard InChI is InChI=1S/C18H20ClN3O2/c1-3-4-7-21-17(23)13-9-14(11-20-10-13)18(24)22-16-6-5-15(19)8-12(16)2/h5-6,8-11H,3-4,7H2,1-2H3,(H,21,23)(H,22,24). The molecule has 0 aliphatic carbocycles. The lowest BCUT2D eigenvalue weighted by atomic mass is 10.1. The highest BCUT2D eigenvalue weighted by Crippen LogP contribution is 2.20. The molecule has 2 amide bonds. The van der Waals surface area contributed by atoms with E-state index in [-0.39, 0.29) is 11.8 Å². The predicted octanol–water partition coefficient (Wildman–Crippen LogP) is 3.83. The summed E-state index contributed by atoms with van der Waals surface area (Å²) in [6, 6.07) is 6.76. The number of rotatable bonds is 6. The summed E-state index contributed by atoms with van der Waals surface area (Å²) < 4.78 is 0. The van der Waals surface area contributed by atoms with E-state index in [1.807, 2.05) is 6.92 Å². The number of benzene rings is 1. The van der Waals surface area contributed by atoms with E-state index < -0.39 is 0 Å². The monoisotopic (exact) mass is 345 g/mol. The zero-order valence-corrected chi connectivity index (χ0v) is 14.5. The van der Waals surface area contributed by atoms with E-state index in [0.717, 1.165) is 18.4 Å². The van der Waals surface area contributed by atoms with Crippen LogP contribution >= 0.6 is 11.6 Å².